The van der Waals surface area contributed by atoms with Crippen molar-refractivity contribution < 1.29 is 0 Å². The van der Waals surface area contributed by atoms with Crippen LogP contribution < -0.4 is 0 Å². The second-order valence-electron chi connectivity index (χ2n) is 4.25. The van der Waals surface area contributed by atoms with Crippen LogP contribution in [0, 0.1) is 0 Å². The molecule has 0 saturated carbocycles. The quantitative estimate of drug-likeness (QED) is 0.389. The minimum Gasteiger partial charge on any atom is -0.160 e. The molecule has 0 bridgehead atoms. The lowest BCUT2D eigenvalue weighted by atomic mass is 10.1. The molecule has 0 unspecified atom stereocenters. The Kier molecular flexibility index (Phi) is 10.4. The van der Waals surface area contributed by atoms with Gasteiger partial charge in [-0.25, -0.2) is 0 Å². The third-order valence-electron chi connectivity index (χ3n) is 2.79. The molecule has 0 aromatic heterocycles. The Morgan fingerprint density at radius 2 is 1.06 bits per heavy atom. The summed E-state index contributed by atoms with van der Waals surface area (Å²) < 4.78 is 0. The second-order valence-corrected chi connectivity index (χ2v) is 4.25. The third-order valence-corrected chi connectivity index (χ3v) is 2.79. The number of nitrogens with zero attached hydrogens (tertiary/aromatic N) is 2. The zero-order valence-corrected chi connectivity index (χ0v) is 11.6. The van der Waals surface area contributed by atoms with E-state index in [1.165, 1.54) is 37.1 Å². The van der Waals surface area contributed by atoms with Crippen molar-refractivity contribution in [2.24, 2.45) is 10.2 Å². The van der Waals surface area contributed by atoms with Crippen LogP contribution in [-0.2, 0) is 0 Å². The summed E-state index contributed by atoms with van der Waals surface area (Å²) in [5.41, 5.74) is 2.51. The zero-order valence-electron chi connectivity index (χ0n) is 11.6. The lowest BCUT2D eigenvalue weighted by Gasteiger charge is -2.02. The summed E-state index contributed by atoms with van der Waals surface area (Å²) in [4.78, 5) is 0. The Morgan fingerprint density at radius 1 is 0.688 bits per heavy atom. The summed E-state index contributed by atoms with van der Waals surface area (Å²) in [7, 11) is 0. The van der Waals surface area contributed by atoms with E-state index < -0.39 is 0 Å². The highest BCUT2D eigenvalue weighted by Crippen LogP contribution is 2.04. The van der Waals surface area contributed by atoms with E-state index in [9.17, 15) is 0 Å². The van der Waals surface area contributed by atoms with Crippen LogP contribution in [0.2, 0.25) is 0 Å². The first-order valence-electron chi connectivity index (χ1n) is 6.89. The average Bonchev–Trinajstić information content (AvgIpc) is 2.33. The molecule has 0 amide bonds. The van der Waals surface area contributed by atoms with Gasteiger partial charge >= 0.3 is 0 Å². The van der Waals surface area contributed by atoms with E-state index in [1.807, 2.05) is 0 Å². The Balaban J connectivity index is 4.25. The van der Waals surface area contributed by atoms with Crippen molar-refractivity contribution in [3.8, 4) is 0 Å². The molecule has 2 heteroatoms. The standard InChI is InChI=1S/C14H28N2/c1-5-9-11-13(7-3)15-16-14(8-4)12-10-6-2/h5-12H2,1-4H3. The lowest BCUT2D eigenvalue weighted by Crippen LogP contribution is -1.98. The molecule has 0 spiro atoms. The van der Waals surface area contributed by atoms with Crippen LogP contribution >= 0.6 is 0 Å². The number of hydrogen-bond acceptors (Lipinski definition) is 2. The van der Waals surface area contributed by atoms with Gasteiger partial charge in [0, 0.05) is 11.4 Å². The molecule has 16 heavy (non-hydrogen) atoms. The van der Waals surface area contributed by atoms with Gasteiger partial charge in [-0.05, 0) is 38.5 Å². The fourth-order valence-electron chi connectivity index (χ4n) is 1.50. The molecule has 2 nitrogen and oxygen atoms in total. The summed E-state index contributed by atoms with van der Waals surface area (Å²) in [6.07, 6.45) is 9.24. The topological polar surface area (TPSA) is 24.7 Å². The maximum Gasteiger partial charge on any atom is 0.0403 e. The molecule has 0 aromatic carbocycles. The zero-order chi connectivity index (χ0) is 12.2. The lowest BCUT2D eigenvalue weighted by molar-refractivity contribution is 0.814. The van der Waals surface area contributed by atoms with Crippen LogP contribution in [0.25, 0.3) is 0 Å². The largest absolute Gasteiger partial charge is 0.160 e. The maximum absolute atomic E-state index is 4.41. The third kappa shape index (κ3) is 7.61. The molecule has 0 aliphatic heterocycles. The number of hydrogen-bond donors (Lipinski definition) is 0. The van der Waals surface area contributed by atoms with Crippen LogP contribution in [0.3, 0.4) is 0 Å². The normalized spacial score (nSPS) is 13.2. The summed E-state index contributed by atoms with van der Waals surface area (Å²) in [6.45, 7) is 8.77. The van der Waals surface area contributed by atoms with E-state index >= 15 is 0 Å². The van der Waals surface area contributed by atoms with E-state index in [2.05, 4.69) is 37.9 Å². The van der Waals surface area contributed by atoms with Crippen molar-refractivity contribution in [1.82, 2.24) is 0 Å². The fourth-order valence-corrected chi connectivity index (χ4v) is 1.50. The molecule has 0 aromatic rings. The molecule has 94 valence electrons. The summed E-state index contributed by atoms with van der Waals surface area (Å²) in [5, 5.41) is 8.82. The molecule has 0 aliphatic rings. The van der Waals surface area contributed by atoms with Crippen molar-refractivity contribution >= 4 is 11.4 Å². The van der Waals surface area contributed by atoms with Crippen molar-refractivity contribution in [3.63, 3.8) is 0 Å². The average molecular weight is 224 g/mol. The molecule has 0 aliphatic carbocycles. The Hall–Kier alpha value is -0.660. The van der Waals surface area contributed by atoms with Crippen molar-refractivity contribution in [1.29, 1.82) is 0 Å². The Morgan fingerprint density at radius 3 is 1.31 bits per heavy atom. The minimum absolute atomic E-state index is 1.04. The maximum atomic E-state index is 4.41. The van der Waals surface area contributed by atoms with Gasteiger partial charge in [0.2, 0.25) is 0 Å². The van der Waals surface area contributed by atoms with Gasteiger partial charge in [-0.15, -0.1) is 0 Å². The monoisotopic (exact) mass is 224 g/mol. The first-order chi connectivity index (χ1) is 7.78. The van der Waals surface area contributed by atoms with Gasteiger partial charge in [0.15, 0.2) is 0 Å². The molecule has 0 heterocycles. The first kappa shape index (κ1) is 15.3. The molecule has 0 saturated heterocycles. The number of rotatable bonds is 9. The van der Waals surface area contributed by atoms with E-state index in [-0.39, 0.29) is 0 Å². The van der Waals surface area contributed by atoms with Gasteiger partial charge in [0.1, 0.15) is 0 Å². The van der Waals surface area contributed by atoms with Crippen molar-refractivity contribution in [3.05, 3.63) is 0 Å². The second kappa shape index (κ2) is 10.8. The summed E-state index contributed by atoms with van der Waals surface area (Å²) in [6, 6.07) is 0. The van der Waals surface area contributed by atoms with Crippen molar-refractivity contribution in [2.45, 2.75) is 79.1 Å². The summed E-state index contributed by atoms with van der Waals surface area (Å²) >= 11 is 0. The fraction of sp³-hybridized carbons (Fsp3) is 0.857. The van der Waals surface area contributed by atoms with Crippen molar-refractivity contribution in [2.75, 3.05) is 0 Å². The molecular weight excluding hydrogens is 196 g/mol. The van der Waals surface area contributed by atoms with E-state index in [0.717, 1.165) is 25.7 Å². The van der Waals surface area contributed by atoms with E-state index in [0.29, 0.717) is 0 Å². The molecule has 0 atom stereocenters. The molecule has 0 N–H and O–H groups in total. The number of unbranched alkanes of at least 4 members (excludes halogenated alkanes) is 2. The van der Waals surface area contributed by atoms with Crippen LogP contribution in [0.5, 0.6) is 0 Å². The van der Waals surface area contributed by atoms with Gasteiger partial charge in [0.25, 0.3) is 0 Å². The van der Waals surface area contributed by atoms with Crippen LogP contribution in [-0.4, -0.2) is 11.4 Å². The highest BCUT2D eigenvalue weighted by molar-refractivity contribution is 5.87. The van der Waals surface area contributed by atoms with E-state index in [1.54, 1.807) is 0 Å². The molecule has 0 fully saturated rings. The first-order valence-corrected chi connectivity index (χ1v) is 6.89. The van der Waals surface area contributed by atoms with E-state index in [4.69, 9.17) is 0 Å². The highest BCUT2D eigenvalue weighted by atomic mass is 15.2. The van der Waals surface area contributed by atoms with Gasteiger partial charge in [-0.3, -0.25) is 0 Å². The van der Waals surface area contributed by atoms with Crippen LogP contribution in [0.4, 0.5) is 0 Å². The van der Waals surface area contributed by atoms with Gasteiger partial charge in [-0.1, -0.05) is 40.5 Å². The highest BCUT2D eigenvalue weighted by Gasteiger charge is 1.97. The van der Waals surface area contributed by atoms with Gasteiger partial charge < -0.3 is 0 Å². The Labute approximate surface area is 101 Å². The molecule has 0 rings (SSSR count). The van der Waals surface area contributed by atoms with Crippen LogP contribution in [0.1, 0.15) is 79.1 Å². The van der Waals surface area contributed by atoms with Gasteiger partial charge in [0.05, 0.1) is 0 Å². The Bertz CT molecular complexity index is 193. The smallest absolute Gasteiger partial charge is 0.0403 e. The predicted octanol–water partition coefficient (Wildman–Crippen LogP) is 4.98. The minimum atomic E-state index is 1.04. The molecular formula is C14H28N2. The molecule has 0 radical (unpaired) electrons. The summed E-state index contributed by atoms with van der Waals surface area (Å²) in [5.74, 6) is 0. The predicted molar refractivity (Wildman–Crippen MR) is 74.5 cm³/mol. The van der Waals surface area contributed by atoms with Crippen LogP contribution in [0.15, 0.2) is 10.2 Å². The SMILES string of the molecule is CCCCC(CC)=NN=C(CC)CCCC. The van der Waals surface area contributed by atoms with Gasteiger partial charge in [-0.2, -0.15) is 10.2 Å².